The molecule has 1 aliphatic rings. The number of rotatable bonds is 2. The Bertz CT molecular complexity index is 617. The van der Waals surface area contributed by atoms with E-state index in [2.05, 4.69) is 0 Å². The number of ether oxygens (including phenoxy) is 1. The van der Waals surface area contributed by atoms with Gasteiger partial charge in [0.1, 0.15) is 5.60 Å². The molecule has 7 heteroatoms. The van der Waals surface area contributed by atoms with E-state index >= 15 is 0 Å². The lowest BCUT2D eigenvalue weighted by molar-refractivity contribution is -0.159. The van der Waals surface area contributed by atoms with Crippen LogP contribution in [0.25, 0.3) is 0 Å². The number of hydrogen-bond donors (Lipinski definition) is 0. The maximum atomic E-state index is 13.2. The summed E-state index contributed by atoms with van der Waals surface area (Å²) < 4.78 is 44.6. The third-order valence-electron chi connectivity index (χ3n) is 3.45. The van der Waals surface area contributed by atoms with Crippen molar-refractivity contribution < 1.29 is 27.5 Å². The zero-order valence-corrected chi connectivity index (χ0v) is 13.2. The standard InChI is InChI=1S/C16H18F3NO3/c1-16(2,3)23-15(22)9-4-5-20(8-9)14(21)10-6-11(17)13(19)12(18)7-10/h6-7,9H,4-5,8H2,1-3H3/t9-/m1/s1. The Kier molecular flexibility index (Phi) is 4.68. The average molecular weight is 329 g/mol. The SMILES string of the molecule is CC(C)(C)OC(=O)[C@@H]1CCN(C(=O)c2cc(F)c(F)c(F)c2)C1. The smallest absolute Gasteiger partial charge is 0.311 e. The van der Waals surface area contributed by atoms with Crippen LogP contribution in [0, 0.1) is 23.4 Å². The van der Waals surface area contributed by atoms with Gasteiger partial charge in [0.15, 0.2) is 17.5 Å². The number of esters is 1. The van der Waals surface area contributed by atoms with Crippen LogP contribution in [0.2, 0.25) is 0 Å². The summed E-state index contributed by atoms with van der Waals surface area (Å²) in [4.78, 5) is 25.5. The topological polar surface area (TPSA) is 46.6 Å². The lowest BCUT2D eigenvalue weighted by Crippen LogP contribution is -2.33. The van der Waals surface area contributed by atoms with Gasteiger partial charge in [-0.2, -0.15) is 0 Å². The van der Waals surface area contributed by atoms with Crippen molar-refractivity contribution >= 4 is 11.9 Å². The lowest BCUT2D eigenvalue weighted by Gasteiger charge is -2.22. The van der Waals surface area contributed by atoms with E-state index in [-0.39, 0.29) is 18.7 Å². The summed E-state index contributed by atoms with van der Waals surface area (Å²) in [7, 11) is 0. The van der Waals surface area contributed by atoms with Crippen LogP contribution in [-0.4, -0.2) is 35.5 Å². The number of carbonyl (C=O) groups is 2. The summed E-state index contributed by atoms with van der Waals surface area (Å²) in [5.41, 5.74) is -0.913. The van der Waals surface area contributed by atoms with Crippen molar-refractivity contribution in [3.63, 3.8) is 0 Å². The van der Waals surface area contributed by atoms with Crippen molar-refractivity contribution in [2.24, 2.45) is 5.92 Å². The molecule has 1 aliphatic heterocycles. The Morgan fingerprint density at radius 1 is 1.17 bits per heavy atom. The second-order valence-corrected chi connectivity index (χ2v) is 6.52. The molecule has 0 saturated carbocycles. The highest BCUT2D eigenvalue weighted by Crippen LogP contribution is 2.23. The third kappa shape index (κ3) is 4.03. The first-order valence-electron chi connectivity index (χ1n) is 7.25. The molecule has 0 radical (unpaired) electrons. The van der Waals surface area contributed by atoms with E-state index in [1.807, 2.05) is 0 Å². The van der Waals surface area contributed by atoms with Gasteiger partial charge in [-0.1, -0.05) is 0 Å². The molecule has 1 heterocycles. The van der Waals surface area contributed by atoms with Crippen LogP contribution >= 0.6 is 0 Å². The molecule has 1 amide bonds. The molecule has 23 heavy (non-hydrogen) atoms. The summed E-state index contributed by atoms with van der Waals surface area (Å²) in [6, 6.07) is 1.31. The highest BCUT2D eigenvalue weighted by Gasteiger charge is 2.34. The largest absolute Gasteiger partial charge is 0.460 e. The number of amides is 1. The Hall–Kier alpha value is -2.05. The average Bonchev–Trinajstić information content (AvgIpc) is 2.91. The molecule has 0 N–H and O–H groups in total. The molecular weight excluding hydrogens is 311 g/mol. The van der Waals surface area contributed by atoms with E-state index in [1.165, 1.54) is 4.90 Å². The van der Waals surface area contributed by atoms with Crippen molar-refractivity contribution in [3.8, 4) is 0 Å². The first kappa shape index (κ1) is 17.3. The summed E-state index contributed by atoms with van der Waals surface area (Å²) >= 11 is 0. The number of benzene rings is 1. The van der Waals surface area contributed by atoms with Crippen LogP contribution in [0.5, 0.6) is 0 Å². The van der Waals surface area contributed by atoms with Crippen LogP contribution in [0.4, 0.5) is 13.2 Å². The Morgan fingerprint density at radius 2 is 1.74 bits per heavy atom. The fourth-order valence-corrected chi connectivity index (χ4v) is 2.38. The van der Waals surface area contributed by atoms with Gasteiger partial charge in [-0.15, -0.1) is 0 Å². The van der Waals surface area contributed by atoms with E-state index in [9.17, 15) is 22.8 Å². The molecular formula is C16H18F3NO3. The van der Waals surface area contributed by atoms with Crippen molar-refractivity contribution in [2.75, 3.05) is 13.1 Å². The maximum absolute atomic E-state index is 13.2. The Labute approximate surface area is 132 Å². The van der Waals surface area contributed by atoms with Crippen molar-refractivity contribution in [3.05, 3.63) is 35.1 Å². The minimum absolute atomic E-state index is 0.106. The fourth-order valence-electron chi connectivity index (χ4n) is 2.38. The van der Waals surface area contributed by atoms with Crippen LogP contribution < -0.4 is 0 Å². The molecule has 4 nitrogen and oxygen atoms in total. The highest BCUT2D eigenvalue weighted by molar-refractivity contribution is 5.94. The van der Waals surface area contributed by atoms with E-state index in [4.69, 9.17) is 4.74 Å². The van der Waals surface area contributed by atoms with E-state index in [1.54, 1.807) is 20.8 Å². The Morgan fingerprint density at radius 3 is 2.26 bits per heavy atom. The molecule has 1 fully saturated rings. The molecule has 126 valence electrons. The molecule has 0 spiro atoms. The van der Waals surface area contributed by atoms with Crippen LogP contribution in [0.15, 0.2) is 12.1 Å². The second-order valence-electron chi connectivity index (χ2n) is 6.52. The van der Waals surface area contributed by atoms with Gasteiger partial charge < -0.3 is 9.64 Å². The van der Waals surface area contributed by atoms with Gasteiger partial charge in [0.25, 0.3) is 5.91 Å². The summed E-state index contributed by atoms with van der Waals surface area (Å²) in [5.74, 6) is -5.99. The zero-order valence-electron chi connectivity index (χ0n) is 13.2. The highest BCUT2D eigenvalue weighted by atomic mass is 19.2. The number of halogens is 3. The first-order chi connectivity index (χ1) is 10.6. The normalized spacial score (nSPS) is 18.2. The molecule has 1 saturated heterocycles. The van der Waals surface area contributed by atoms with Gasteiger partial charge in [0.2, 0.25) is 0 Å². The molecule has 0 bridgehead atoms. The van der Waals surface area contributed by atoms with Gasteiger partial charge >= 0.3 is 5.97 Å². The molecule has 0 aliphatic carbocycles. The number of likely N-dealkylation sites (tertiary alicyclic amines) is 1. The quantitative estimate of drug-likeness (QED) is 0.619. The second kappa shape index (κ2) is 6.22. The predicted octanol–water partition coefficient (Wildman–Crippen LogP) is 2.91. The molecule has 1 aromatic rings. The summed E-state index contributed by atoms with van der Waals surface area (Å²) in [6.45, 7) is 5.60. The number of hydrogen-bond acceptors (Lipinski definition) is 3. The van der Waals surface area contributed by atoms with E-state index < -0.39 is 40.8 Å². The number of carbonyl (C=O) groups excluding carboxylic acids is 2. The van der Waals surface area contributed by atoms with E-state index in [0.717, 1.165) is 0 Å². The molecule has 1 aromatic carbocycles. The van der Waals surface area contributed by atoms with Crippen LogP contribution in [0.1, 0.15) is 37.6 Å². The van der Waals surface area contributed by atoms with Gasteiger partial charge in [0.05, 0.1) is 5.92 Å². The molecule has 1 atom stereocenters. The van der Waals surface area contributed by atoms with Gasteiger partial charge in [-0.25, -0.2) is 13.2 Å². The first-order valence-corrected chi connectivity index (χ1v) is 7.25. The molecule has 0 unspecified atom stereocenters. The number of nitrogens with zero attached hydrogens (tertiary/aromatic N) is 1. The zero-order chi connectivity index (χ0) is 17.4. The fraction of sp³-hybridized carbons (Fsp3) is 0.500. The van der Waals surface area contributed by atoms with Gasteiger partial charge in [0, 0.05) is 18.7 Å². The van der Waals surface area contributed by atoms with Crippen LogP contribution in [0.3, 0.4) is 0 Å². The molecule has 0 aromatic heterocycles. The molecule has 2 rings (SSSR count). The van der Waals surface area contributed by atoms with Gasteiger partial charge in [-0.05, 0) is 39.3 Å². The van der Waals surface area contributed by atoms with E-state index in [0.29, 0.717) is 18.6 Å². The minimum Gasteiger partial charge on any atom is -0.460 e. The Balaban J connectivity index is 2.07. The van der Waals surface area contributed by atoms with Crippen molar-refractivity contribution in [2.45, 2.75) is 32.8 Å². The van der Waals surface area contributed by atoms with Crippen molar-refractivity contribution in [1.82, 2.24) is 4.90 Å². The lowest BCUT2D eigenvalue weighted by atomic mass is 10.1. The van der Waals surface area contributed by atoms with Crippen LogP contribution in [-0.2, 0) is 9.53 Å². The maximum Gasteiger partial charge on any atom is 0.311 e. The summed E-state index contributed by atoms with van der Waals surface area (Å²) in [6.07, 6.45) is 0.410. The predicted molar refractivity (Wildman–Crippen MR) is 76.2 cm³/mol. The minimum atomic E-state index is -1.62. The monoisotopic (exact) mass is 329 g/mol. The summed E-state index contributed by atoms with van der Waals surface area (Å²) in [5, 5.41) is 0. The van der Waals surface area contributed by atoms with Gasteiger partial charge in [-0.3, -0.25) is 9.59 Å². The van der Waals surface area contributed by atoms with Crippen molar-refractivity contribution in [1.29, 1.82) is 0 Å². The third-order valence-corrected chi connectivity index (χ3v) is 3.45.